The van der Waals surface area contributed by atoms with Crippen LogP contribution in [0.25, 0.3) is 71.6 Å². The Kier molecular flexibility index (Phi) is 4.98. The van der Waals surface area contributed by atoms with Crippen LogP contribution in [0.15, 0.2) is 149 Å². The minimum atomic E-state index is -0.00818. The van der Waals surface area contributed by atoms with Crippen LogP contribution in [0.1, 0.15) is 0 Å². The Morgan fingerprint density at radius 2 is 1.12 bits per heavy atom. The summed E-state index contributed by atoms with van der Waals surface area (Å²) in [7, 11) is 0. The van der Waals surface area contributed by atoms with Gasteiger partial charge in [0.15, 0.2) is 0 Å². The summed E-state index contributed by atoms with van der Waals surface area (Å²) in [5.41, 5.74) is 7.96. The summed E-state index contributed by atoms with van der Waals surface area (Å²) < 4.78 is 8.09. The minimum Gasteiger partial charge on any atom is -0.455 e. The summed E-state index contributed by atoms with van der Waals surface area (Å²) in [5.74, 6) is 0. The molecule has 0 saturated heterocycles. The van der Waals surface area contributed by atoms with Gasteiger partial charge in [-0.15, -0.1) is 0 Å². The lowest BCUT2D eigenvalue weighted by Gasteiger charge is -2.15. The summed E-state index contributed by atoms with van der Waals surface area (Å²) in [4.78, 5) is 13.6. The van der Waals surface area contributed by atoms with Crippen molar-refractivity contribution in [3.05, 3.63) is 150 Å². The van der Waals surface area contributed by atoms with Crippen molar-refractivity contribution in [3.8, 4) is 27.9 Å². The van der Waals surface area contributed by atoms with Gasteiger partial charge in [0.2, 0.25) is 0 Å². The van der Waals surface area contributed by atoms with Crippen LogP contribution in [0.3, 0.4) is 0 Å². The van der Waals surface area contributed by atoms with Crippen molar-refractivity contribution in [3.63, 3.8) is 0 Å². The normalized spacial score (nSPS) is 11.6. The van der Waals surface area contributed by atoms with Crippen molar-refractivity contribution in [1.82, 2.24) is 4.57 Å². The van der Waals surface area contributed by atoms with Gasteiger partial charge in [0.25, 0.3) is 5.56 Å². The van der Waals surface area contributed by atoms with Crippen molar-refractivity contribution in [1.29, 1.82) is 0 Å². The van der Waals surface area contributed by atoms with Gasteiger partial charge in [-0.2, -0.15) is 0 Å². The second-order valence-electron chi connectivity index (χ2n) is 10.1. The van der Waals surface area contributed by atoms with E-state index in [-0.39, 0.29) is 5.56 Å². The van der Waals surface area contributed by atoms with Crippen LogP contribution in [0, 0.1) is 0 Å². The van der Waals surface area contributed by atoms with Gasteiger partial charge in [0.05, 0.1) is 5.52 Å². The molecule has 6 aromatic carbocycles. The Balaban J connectivity index is 1.28. The fraction of sp³-hybridized carbons (Fsp3) is 0. The van der Waals surface area contributed by atoms with Gasteiger partial charge in [-0.25, -0.2) is 0 Å². The van der Waals surface area contributed by atoms with Crippen LogP contribution in [0.2, 0.25) is 0 Å². The Labute approximate surface area is 230 Å². The lowest BCUT2D eigenvalue weighted by molar-refractivity contribution is 0.670. The molecule has 0 fully saturated rings. The molecule has 0 unspecified atom stereocenters. The Hall–Kier alpha value is -5.41. The Morgan fingerprint density at radius 3 is 1.95 bits per heavy atom. The van der Waals surface area contributed by atoms with E-state index in [2.05, 4.69) is 66.7 Å². The molecule has 3 nitrogen and oxygen atoms in total. The molecule has 8 aromatic rings. The van der Waals surface area contributed by atoms with E-state index < -0.39 is 0 Å². The summed E-state index contributed by atoms with van der Waals surface area (Å²) in [6.07, 6.45) is 0. The standard InChI is InChI=1S/C37H23NO2/c39-37-32-13-5-4-11-29(32)33-23-26(21-22-34(33)38(37)27-9-2-1-3-10-27)24-17-19-25(20-18-24)28-14-8-15-31-30-12-6-7-16-35(30)40-36(28)31/h1-23H. The van der Waals surface area contributed by atoms with E-state index in [1.54, 1.807) is 0 Å². The maximum absolute atomic E-state index is 13.6. The molecule has 0 aliphatic rings. The zero-order valence-corrected chi connectivity index (χ0v) is 21.5. The van der Waals surface area contributed by atoms with Crippen molar-refractivity contribution in [2.24, 2.45) is 0 Å². The molecule has 2 heterocycles. The van der Waals surface area contributed by atoms with Crippen molar-refractivity contribution < 1.29 is 4.42 Å². The highest BCUT2D eigenvalue weighted by molar-refractivity contribution is 6.10. The summed E-state index contributed by atoms with van der Waals surface area (Å²) in [6.45, 7) is 0. The third-order valence-corrected chi connectivity index (χ3v) is 7.84. The van der Waals surface area contributed by atoms with E-state index in [0.29, 0.717) is 5.39 Å². The van der Waals surface area contributed by atoms with Crippen molar-refractivity contribution >= 4 is 43.6 Å². The van der Waals surface area contributed by atoms with Gasteiger partial charge in [0, 0.05) is 32.8 Å². The quantitative estimate of drug-likeness (QED) is 0.221. The van der Waals surface area contributed by atoms with Crippen LogP contribution in [0.4, 0.5) is 0 Å². The van der Waals surface area contributed by atoms with Gasteiger partial charge in [-0.1, -0.05) is 103 Å². The van der Waals surface area contributed by atoms with Crippen molar-refractivity contribution in [2.45, 2.75) is 0 Å². The molecule has 0 N–H and O–H groups in total. The number of fused-ring (bicyclic) bond motifs is 6. The van der Waals surface area contributed by atoms with Crippen LogP contribution in [0.5, 0.6) is 0 Å². The van der Waals surface area contributed by atoms with Gasteiger partial charge >= 0.3 is 0 Å². The monoisotopic (exact) mass is 513 g/mol. The number of para-hydroxylation sites is 3. The highest BCUT2D eigenvalue weighted by atomic mass is 16.3. The van der Waals surface area contributed by atoms with E-state index in [9.17, 15) is 4.79 Å². The molecular formula is C37H23NO2. The van der Waals surface area contributed by atoms with Crippen LogP contribution in [-0.2, 0) is 0 Å². The molecule has 0 bridgehead atoms. The predicted octanol–water partition coefficient (Wildman–Crippen LogP) is 9.38. The molecule has 0 amide bonds. The number of aromatic nitrogens is 1. The molecule has 3 heteroatoms. The smallest absolute Gasteiger partial charge is 0.263 e. The number of rotatable bonds is 3. The Morgan fingerprint density at radius 1 is 0.475 bits per heavy atom. The molecule has 0 aliphatic heterocycles. The van der Waals surface area contributed by atoms with Gasteiger partial charge in [-0.3, -0.25) is 9.36 Å². The lowest BCUT2D eigenvalue weighted by Crippen LogP contribution is -2.19. The zero-order chi connectivity index (χ0) is 26.6. The largest absolute Gasteiger partial charge is 0.455 e. The fourth-order valence-electron chi connectivity index (χ4n) is 5.91. The Bertz CT molecular complexity index is 2270. The first kappa shape index (κ1) is 22.6. The summed E-state index contributed by atoms with van der Waals surface area (Å²) >= 11 is 0. The maximum Gasteiger partial charge on any atom is 0.263 e. The maximum atomic E-state index is 13.6. The van der Waals surface area contributed by atoms with Gasteiger partial charge in [0.1, 0.15) is 11.2 Å². The molecule has 0 radical (unpaired) electrons. The predicted molar refractivity (Wildman–Crippen MR) is 165 cm³/mol. The summed E-state index contributed by atoms with van der Waals surface area (Å²) in [6, 6.07) is 47.2. The molecule has 0 aliphatic carbocycles. The molecule has 40 heavy (non-hydrogen) atoms. The van der Waals surface area contributed by atoms with E-state index in [1.165, 1.54) is 0 Å². The first-order valence-electron chi connectivity index (χ1n) is 13.4. The van der Waals surface area contributed by atoms with E-state index in [4.69, 9.17) is 4.42 Å². The average molecular weight is 514 g/mol. The number of hydrogen-bond donors (Lipinski definition) is 0. The highest BCUT2D eigenvalue weighted by Crippen LogP contribution is 2.37. The minimum absolute atomic E-state index is 0.00818. The topological polar surface area (TPSA) is 35.1 Å². The number of pyridine rings is 1. The third-order valence-electron chi connectivity index (χ3n) is 7.84. The number of furan rings is 1. The SMILES string of the molecule is O=c1c2ccccc2c2cc(-c3ccc(-c4cccc5c4oc4ccccc45)cc3)ccc2n1-c1ccccc1. The molecule has 0 saturated carbocycles. The number of hydrogen-bond acceptors (Lipinski definition) is 2. The van der Waals surface area contributed by atoms with E-state index >= 15 is 0 Å². The molecule has 0 atom stereocenters. The van der Waals surface area contributed by atoms with Gasteiger partial charge in [-0.05, 0) is 58.5 Å². The molecule has 2 aromatic heterocycles. The van der Waals surface area contributed by atoms with E-state index in [1.807, 2.05) is 77.4 Å². The number of nitrogens with zero attached hydrogens (tertiary/aromatic N) is 1. The average Bonchev–Trinajstić information content (AvgIpc) is 3.41. The van der Waals surface area contributed by atoms with Gasteiger partial charge < -0.3 is 4.42 Å². The molecule has 188 valence electrons. The first-order valence-corrected chi connectivity index (χ1v) is 13.4. The van der Waals surface area contributed by atoms with Crippen LogP contribution < -0.4 is 5.56 Å². The van der Waals surface area contributed by atoms with Crippen LogP contribution in [-0.4, -0.2) is 4.57 Å². The second kappa shape index (κ2) is 8.82. The summed E-state index contributed by atoms with van der Waals surface area (Å²) in [5, 5.41) is 4.99. The van der Waals surface area contributed by atoms with E-state index in [0.717, 1.165) is 66.2 Å². The lowest BCUT2D eigenvalue weighted by atomic mass is 9.97. The second-order valence-corrected chi connectivity index (χ2v) is 10.1. The molecule has 0 spiro atoms. The molecular weight excluding hydrogens is 490 g/mol. The first-order chi connectivity index (χ1) is 19.8. The highest BCUT2D eigenvalue weighted by Gasteiger charge is 2.14. The molecule has 8 rings (SSSR count). The van der Waals surface area contributed by atoms with Crippen LogP contribution >= 0.6 is 0 Å². The third kappa shape index (κ3) is 3.41. The zero-order valence-electron chi connectivity index (χ0n) is 21.5. The fourth-order valence-corrected chi connectivity index (χ4v) is 5.91. The number of benzene rings is 6. The van der Waals surface area contributed by atoms with Crippen molar-refractivity contribution in [2.75, 3.05) is 0 Å².